The normalized spacial score (nSPS) is 10.9. The predicted molar refractivity (Wildman–Crippen MR) is 73.5 cm³/mol. The van der Waals surface area contributed by atoms with E-state index in [0.29, 0.717) is 12.6 Å². The minimum Gasteiger partial charge on any atom is -0.396 e. The highest BCUT2D eigenvalue weighted by atomic mass is 35.5. The second-order valence-electron chi connectivity index (χ2n) is 4.32. The second-order valence-corrected chi connectivity index (χ2v) is 4.72. The summed E-state index contributed by atoms with van der Waals surface area (Å²) in [6, 6.07) is 6.12. The van der Waals surface area contributed by atoms with Crippen molar-refractivity contribution >= 4 is 17.3 Å². The van der Waals surface area contributed by atoms with Gasteiger partial charge in [-0.1, -0.05) is 23.7 Å². The first-order valence-electron chi connectivity index (χ1n) is 5.96. The maximum atomic E-state index is 8.96. The number of anilines is 1. The fourth-order valence-electron chi connectivity index (χ4n) is 1.92. The molecule has 0 fully saturated rings. The molecule has 0 aliphatic heterocycles. The van der Waals surface area contributed by atoms with E-state index in [1.807, 2.05) is 18.2 Å². The molecule has 96 valence electrons. The molecule has 4 heteroatoms. The third kappa shape index (κ3) is 3.60. The molecule has 0 radical (unpaired) electrons. The Hall–Kier alpha value is -0.770. The van der Waals surface area contributed by atoms with Gasteiger partial charge in [0.25, 0.3) is 0 Å². The molecule has 17 heavy (non-hydrogen) atoms. The van der Waals surface area contributed by atoms with Crippen LogP contribution in [-0.4, -0.2) is 24.3 Å². The quantitative estimate of drug-likeness (QED) is 0.822. The number of para-hydroxylation sites is 1. The van der Waals surface area contributed by atoms with Gasteiger partial charge in [0.1, 0.15) is 0 Å². The van der Waals surface area contributed by atoms with Crippen molar-refractivity contribution in [2.75, 3.05) is 18.1 Å². The van der Waals surface area contributed by atoms with Crippen LogP contribution in [0.25, 0.3) is 0 Å². The molecule has 0 atom stereocenters. The van der Waals surface area contributed by atoms with Gasteiger partial charge < -0.3 is 15.7 Å². The van der Waals surface area contributed by atoms with Gasteiger partial charge in [0.05, 0.1) is 10.7 Å². The van der Waals surface area contributed by atoms with E-state index in [1.165, 1.54) is 0 Å². The van der Waals surface area contributed by atoms with Crippen LogP contribution in [0.5, 0.6) is 0 Å². The van der Waals surface area contributed by atoms with Crippen molar-refractivity contribution < 1.29 is 5.11 Å². The summed E-state index contributed by atoms with van der Waals surface area (Å²) >= 11 is 6.27. The lowest BCUT2D eigenvalue weighted by molar-refractivity contribution is 0.288. The lowest BCUT2D eigenvalue weighted by Gasteiger charge is -2.31. The van der Waals surface area contributed by atoms with Gasteiger partial charge in [-0.05, 0) is 31.9 Å². The topological polar surface area (TPSA) is 49.5 Å². The minimum absolute atomic E-state index is 0.186. The van der Waals surface area contributed by atoms with Crippen molar-refractivity contribution in [3.63, 3.8) is 0 Å². The average Bonchev–Trinajstić information content (AvgIpc) is 2.30. The molecule has 0 unspecified atom stereocenters. The molecule has 0 spiro atoms. The molecule has 1 rings (SSSR count). The van der Waals surface area contributed by atoms with E-state index in [-0.39, 0.29) is 6.61 Å². The van der Waals surface area contributed by atoms with Crippen LogP contribution in [0.4, 0.5) is 5.69 Å². The first-order valence-corrected chi connectivity index (χ1v) is 6.34. The highest BCUT2D eigenvalue weighted by Crippen LogP contribution is 2.31. The monoisotopic (exact) mass is 256 g/mol. The van der Waals surface area contributed by atoms with Crippen LogP contribution < -0.4 is 10.6 Å². The van der Waals surface area contributed by atoms with Gasteiger partial charge in [0.2, 0.25) is 0 Å². The number of aliphatic hydroxyl groups is 1. The highest BCUT2D eigenvalue weighted by Gasteiger charge is 2.16. The Kier molecular flexibility index (Phi) is 5.75. The van der Waals surface area contributed by atoms with Gasteiger partial charge in [-0.3, -0.25) is 0 Å². The van der Waals surface area contributed by atoms with E-state index in [1.54, 1.807) is 0 Å². The van der Waals surface area contributed by atoms with Crippen LogP contribution >= 0.6 is 11.6 Å². The third-order valence-electron chi connectivity index (χ3n) is 2.76. The molecule has 0 aromatic heterocycles. The van der Waals surface area contributed by atoms with Crippen LogP contribution in [0.2, 0.25) is 5.02 Å². The van der Waals surface area contributed by atoms with Crippen molar-refractivity contribution in [2.24, 2.45) is 5.73 Å². The standard InChI is InChI=1S/C13H21ClN2O/c1-10(2)16(7-4-8-17)13-11(9-15)5-3-6-12(13)14/h3,5-6,10,17H,4,7-9,15H2,1-2H3. The molecular weight excluding hydrogens is 236 g/mol. The second kappa shape index (κ2) is 6.84. The molecule has 3 N–H and O–H groups in total. The zero-order chi connectivity index (χ0) is 12.8. The Labute approximate surface area is 108 Å². The molecule has 1 aromatic rings. The molecule has 3 nitrogen and oxygen atoms in total. The Morgan fingerprint density at radius 2 is 2.12 bits per heavy atom. The predicted octanol–water partition coefficient (Wildman–Crippen LogP) is 2.40. The van der Waals surface area contributed by atoms with Crippen LogP contribution in [0.15, 0.2) is 18.2 Å². The lowest BCUT2D eigenvalue weighted by atomic mass is 10.1. The minimum atomic E-state index is 0.186. The van der Waals surface area contributed by atoms with Crippen molar-refractivity contribution in [1.29, 1.82) is 0 Å². The van der Waals surface area contributed by atoms with E-state index in [9.17, 15) is 0 Å². The largest absolute Gasteiger partial charge is 0.396 e. The van der Waals surface area contributed by atoms with Crippen LogP contribution in [0.1, 0.15) is 25.8 Å². The number of hydrogen-bond donors (Lipinski definition) is 2. The van der Waals surface area contributed by atoms with Gasteiger partial charge >= 0.3 is 0 Å². The molecule has 0 saturated heterocycles. The fourth-order valence-corrected chi connectivity index (χ4v) is 2.22. The zero-order valence-corrected chi connectivity index (χ0v) is 11.2. The Balaban J connectivity index is 3.07. The van der Waals surface area contributed by atoms with Gasteiger partial charge in [0, 0.05) is 25.7 Å². The molecule has 0 heterocycles. The Morgan fingerprint density at radius 3 is 2.65 bits per heavy atom. The molecule has 0 aliphatic carbocycles. The fraction of sp³-hybridized carbons (Fsp3) is 0.538. The number of rotatable bonds is 6. The number of nitrogens with zero attached hydrogens (tertiary/aromatic N) is 1. The SMILES string of the molecule is CC(C)N(CCCO)c1c(Cl)cccc1CN. The number of halogens is 1. The van der Waals surface area contributed by atoms with Crippen molar-refractivity contribution in [2.45, 2.75) is 32.9 Å². The summed E-state index contributed by atoms with van der Waals surface area (Å²) in [5.74, 6) is 0. The van der Waals surface area contributed by atoms with E-state index in [0.717, 1.165) is 29.2 Å². The molecule has 0 saturated carbocycles. The van der Waals surface area contributed by atoms with E-state index >= 15 is 0 Å². The van der Waals surface area contributed by atoms with Crippen LogP contribution in [0.3, 0.4) is 0 Å². The third-order valence-corrected chi connectivity index (χ3v) is 3.06. The average molecular weight is 257 g/mol. The van der Waals surface area contributed by atoms with E-state index in [2.05, 4.69) is 18.7 Å². The van der Waals surface area contributed by atoms with E-state index < -0.39 is 0 Å². The maximum absolute atomic E-state index is 8.96. The number of hydrogen-bond acceptors (Lipinski definition) is 3. The van der Waals surface area contributed by atoms with Crippen molar-refractivity contribution in [3.05, 3.63) is 28.8 Å². The van der Waals surface area contributed by atoms with Crippen LogP contribution in [-0.2, 0) is 6.54 Å². The Bertz CT molecular complexity index is 355. The lowest BCUT2D eigenvalue weighted by Crippen LogP contribution is -2.33. The Morgan fingerprint density at radius 1 is 1.41 bits per heavy atom. The molecule has 0 amide bonds. The van der Waals surface area contributed by atoms with Crippen molar-refractivity contribution in [1.82, 2.24) is 0 Å². The maximum Gasteiger partial charge on any atom is 0.0643 e. The number of benzene rings is 1. The van der Waals surface area contributed by atoms with Crippen molar-refractivity contribution in [3.8, 4) is 0 Å². The summed E-state index contributed by atoms with van der Waals surface area (Å²) in [7, 11) is 0. The molecule has 0 aliphatic rings. The smallest absolute Gasteiger partial charge is 0.0643 e. The molecule has 0 bridgehead atoms. The summed E-state index contributed by atoms with van der Waals surface area (Å²) in [6.07, 6.45) is 0.730. The van der Waals surface area contributed by atoms with Gasteiger partial charge in [0.15, 0.2) is 0 Å². The zero-order valence-electron chi connectivity index (χ0n) is 10.5. The summed E-state index contributed by atoms with van der Waals surface area (Å²) in [5, 5.41) is 9.68. The summed E-state index contributed by atoms with van der Waals surface area (Å²) in [4.78, 5) is 2.20. The van der Waals surface area contributed by atoms with Gasteiger partial charge in [-0.15, -0.1) is 0 Å². The highest BCUT2D eigenvalue weighted by molar-refractivity contribution is 6.33. The first-order chi connectivity index (χ1) is 8.11. The van der Waals surface area contributed by atoms with Gasteiger partial charge in [-0.25, -0.2) is 0 Å². The summed E-state index contributed by atoms with van der Waals surface area (Å²) in [5.41, 5.74) is 7.80. The summed E-state index contributed by atoms with van der Waals surface area (Å²) < 4.78 is 0. The number of nitrogens with two attached hydrogens (primary N) is 1. The first kappa shape index (κ1) is 14.3. The van der Waals surface area contributed by atoms with Gasteiger partial charge in [-0.2, -0.15) is 0 Å². The summed E-state index contributed by atoms with van der Waals surface area (Å²) in [6.45, 7) is 5.66. The van der Waals surface area contributed by atoms with Crippen LogP contribution in [0, 0.1) is 0 Å². The van der Waals surface area contributed by atoms with E-state index in [4.69, 9.17) is 22.4 Å². The molecular formula is C13H21ClN2O. The number of aliphatic hydroxyl groups excluding tert-OH is 1. The molecule has 1 aromatic carbocycles.